The van der Waals surface area contributed by atoms with E-state index in [0.29, 0.717) is 5.56 Å². The molecule has 0 bridgehead atoms. The Morgan fingerprint density at radius 3 is 2.55 bits per heavy atom. The van der Waals surface area contributed by atoms with Gasteiger partial charge in [-0.15, -0.1) is 0 Å². The summed E-state index contributed by atoms with van der Waals surface area (Å²) >= 11 is 3.41. The van der Waals surface area contributed by atoms with E-state index in [1.807, 2.05) is 30.0 Å². The van der Waals surface area contributed by atoms with Gasteiger partial charge >= 0.3 is 0 Å². The Bertz CT molecular complexity index is 523. The number of amides is 2. The second-order valence-electron chi connectivity index (χ2n) is 5.24. The molecule has 0 unspecified atom stereocenters. The Kier molecular flexibility index (Phi) is 4.81. The second kappa shape index (κ2) is 6.39. The number of halogens is 1. The molecular formula is C15H19BrN2O2. The van der Waals surface area contributed by atoms with Crippen LogP contribution in [-0.2, 0) is 4.79 Å². The maximum absolute atomic E-state index is 12.3. The lowest BCUT2D eigenvalue weighted by atomic mass is 10.0. The van der Waals surface area contributed by atoms with Crippen LogP contribution in [0.1, 0.15) is 35.7 Å². The third-order valence-corrected chi connectivity index (χ3v) is 4.33. The van der Waals surface area contributed by atoms with E-state index in [9.17, 15) is 9.59 Å². The molecule has 1 aromatic rings. The maximum atomic E-state index is 12.3. The average Bonchev–Trinajstić information content (AvgIpc) is 2.42. The smallest absolute Gasteiger partial charge is 0.252 e. The molecule has 2 amide bonds. The summed E-state index contributed by atoms with van der Waals surface area (Å²) in [4.78, 5) is 25.4. The number of carbonyl (C=O) groups excluding carboxylic acids is 2. The topological polar surface area (TPSA) is 49.4 Å². The quantitative estimate of drug-likeness (QED) is 0.900. The minimum atomic E-state index is -0.0538. The van der Waals surface area contributed by atoms with Gasteiger partial charge < -0.3 is 10.2 Å². The van der Waals surface area contributed by atoms with Crippen molar-refractivity contribution in [2.75, 3.05) is 13.1 Å². The molecule has 108 valence electrons. The molecular weight excluding hydrogens is 320 g/mol. The minimum Gasteiger partial charge on any atom is -0.349 e. The molecule has 0 saturated carbocycles. The zero-order chi connectivity index (χ0) is 14.7. The Balaban J connectivity index is 1.96. The van der Waals surface area contributed by atoms with E-state index >= 15 is 0 Å². The summed E-state index contributed by atoms with van der Waals surface area (Å²) in [6, 6.07) is 5.88. The zero-order valence-electron chi connectivity index (χ0n) is 11.8. The number of rotatable bonds is 2. The van der Waals surface area contributed by atoms with Crippen molar-refractivity contribution in [3.63, 3.8) is 0 Å². The molecule has 0 atom stereocenters. The largest absolute Gasteiger partial charge is 0.349 e. The van der Waals surface area contributed by atoms with Crippen molar-refractivity contribution in [1.82, 2.24) is 10.2 Å². The van der Waals surface area contributed by atoms with Gasteiger partial charge in [0, 0.05) is 30.5 Å². The van der Waals surface area contributed by atoms with Gasteiger partial charge in [-0.25, -0.2) is 0 Å². The summed E-state index contributed by atoms with van der Waals surface area (Å²) < 4.78 is 0.807. The van der Waals surface area contributed by atoms with Crippen LogP contribution in [0.2, 0.25) is 0 Å². The lowest BCUT2D eigenvalue weighted by Gasteiger charge is -2.31. The van der Waals surface area contributed by atoms with Crippen LogP contribution in [0.5, 0.6) is 0 Å². The van der Waals surface area contributed by atoms with Crippen LogP contribution in [0.4, 0.5) is 0 Å². The highest BCUT2D eigenvalue weighted by Gasteiger charge is 2.22. The van der Waals surface area contributed by atoms with Crippen molar-refractivity contribution in [3.8, 4) is 0 Å². The first kappa shape index (κ1) is 15.0. The molecule has 5 heteroatoms. The van der Waals surface area contributed by atoms with E-state index < -0.39 is 0 Å². The number of hydrogen-bond donors (Lipinski definition) is 1. The second-order valence-corrected chi connectivity index (χ2v) is 6.09. The van der Waals surface area contributed by atoms with Gasteiger partial charge in [0.05, 0.1) is 5.56 Å². The molecule has 1 N–H and O–H groups in total. The van der Waals surface area contributed by atoms with Crippen molar-refractivity contribution in [2.24, 2.45) is 0 Å². The van der Waals surface area contributed by atoms with Gasteiger partial charge in [0.1, 0.15) is 0 Å². The molecule has 0 aliphatic carbocycles. The Morgan fingerprint density at radius 1 is 1.30 bits per heavy atom. The number of nitrogens with zero attached hydrogens (tertiary/aromatic N) is 1. The van der Waals surface area contributed by atoms with E-state index in [2.05, 4.69) is 21.2 Å². The van der Waals surface area contributed by atoms with E-state index in [0.717, 1.165) is 36.0 Å². The SMILES string of the molecule is CC(=O)N1CCC(NC(=O)c2cc(C)ccc2Br)CC1. The molecule has 0 radical (unpaired) electrons. The van der Waals surface area contributed by atoms with Crippen LogP contribution in [0, 0.1) is 6.92 Å². The van der Waals surface area contributed by atoms with Crippen LogP contribution in [0.3, 0.4) is 0 Å². The molecule has 2 rings (SSSR count). The molecule has 1 fully saturated rings. The highest BCUT2D eigenvalue weighted by Crippen LogP contribution is 2.19. The molecule has 0 spiro atoms. The predicted molar refractivity (Wildman–Crippen MR) is 81.6 cm³/mol. The van der Waals surface area contributed by atoms with Gasteiger partial charge in [-0.1, -0.05) is 11.6 Å². The van der Waals surface area contributed by atoms with Crippen LogP contribution < -0.4 is 5.32 Å². The summed E-state index contributed by atoms with van der Waals surface area (Å²) in [5.41, 5.74) is 1.73. The van der Waals surface area contributed by atoms with Gasteiger partial charge in [-0.05, 0) is 47.8 Å². The van der Waals surface area contributed by atoms with E-state index in [4.69, 9.17) is 0 Å². The summed E-state index contributed by atoms with van der Waals surface area (Å²) in [5.74, 6) is 0.0538. The number of hydrogen-bond acceptors (Lipinski definition) is 2. The lowest BCUT2D eigenvalue weighted by Crippen LogP contribution is -2.46. The van der Waals surface area contributed by atoms with E-state index in [1.165, 1.54) is 0 Å². The maximum Gasteiger partial charge on any atom is 0.252 e. The summed E-state index contributed by atoms with van der Waals surface area (Å²) in [6.07, 6.45) is 1.63. The summed E-state index contributed by atoms with van der Waals surface area (Å²) in [6.45, 7) is 4.99. The van der Waals surface area contributed by atoms with Crippen molar-refractivity contribution >= 4 is 27.7 Å². The Morgan fingerprint density at radius 2 is 1.95 bits per heavy atom. The first-order valence-electron chi connectivity index (χ1n) is 6.80. The molecule has 1 saturated heterocycles. The van der Waals surface area contributed by atoms with E-state index in [1.54, 1.807) is 6.92 Å². The standard InChI is InChI=1S/C15H19BrN2O2/c1-10-3-4-14(16)13(9-10)15(20)17-12-5-7-18(8-6-12)11(2)19/h3-4,9,12H,5-8H2,1-2H3,(H,17,20). The fraction of sp³-hybridized carbons (Fsp3) is 0.467. The zero-order valence-corrected chi connectivity index (χ0v) is 13.4. The minimum absolute atomic E-state index is 0.0538. The first-order valence-corrected chi connectivity index (χ1v) is 7.59. The van der Waals surface area contributed by atoms with E-state index in [-0.39, 0.29) is 17.9 Å². The van der Waals surface area contributed by atoms with Gasteiger partial charge in [-0.2, -0.15) is 0 Å². The summed E-state index contributed by atoms with van der Waals surface area (Å²) in [5, 5.41) is 3.06. The molecule has 1 aliphatic heterocycles. The number of benzene rings is 1. The highest BCUT2D eigenvalue weighted by molar-refractivity contribution is 9.10. The molecule has 1 heterocycles. The Labute approximate surface area is 127 Å². The third kappa shape index (κ3) is 3.60. The summed E-state index contributed by atoms with van der Waals surface area (Å²) in [7, 11) is 0. The van der Waals surface area contributed by atoms with Crippen molar-refractivity contribution in [1.29, 1.82) is 0 Å². The van der Waals surface area contributed by atoms with Crippen molar-refractivity contribution in [3.05, 3.63) is 33.8 Å². The molecule has 0 aromatic heterocycles. The number of nitrogens with one attached hydrogen (secondary N) is 1. The fourth-order valence-electron chi connectivity index (χ4n) is 2.41. The predicted octanol–water partition coefficient (Wildman–Crippen LogP) is 2.50. The van der Waals surface area contributed by atoms with Gasteiger partial charge in [0.15, 0.2) is 0 Å². The monoisotopic (exact) mass is 338 g/mol. The Hall–Kier alpha value is -1.36. The molecule has 20 heavy (non-hydrogen) atoms. The number of carbonyl (C=O) groups is 2. The van der Waals surface area contributed by atoms with Gasteiger partial charge in [-0.3, -0.25) is 9.59 Å². The number of likely N-dealkylation sites (tertiary alicyclic amines) is 1. The van der Waals surface area contributed by atoms with Crippen LogP contribution in [0.15, 0.2) is 22.7 Å². The fourth-order valence-corrected chi connectivity index (χ4v) is 2.84. The van der Waals surface area contributed by atoms with Crippen LogP contribution in [-0.4, -0.2) is 35.8 Å². The molecule has 1 aliphatic rings. The molecule has 1 aromatic carbocycles. The van der Waals surface area contributed by atoms with Crippen molar-refractivity contribution in [2.45, 2.75) is 32.7 Å². The molecule has 4 nitrogen and oxygen atoms in total. The number of aryl methyl sites for hydroxylation is 1. The third-order valence-electron chi connectivity index (χ3n) is 3.64. The lowest BCUT2D eigenvalue weighted by molar-refractivity contribution is -0.129. The van der Waals surface area contributed by atoms with Gasteiger partial charge in [0.25, 0.3) is 5.91 Å². The van der Waals surface area contributed by atoms with Gasteiger partial charge in [0.2, 0.25) is 5.91 Å². The highest BCUT2D eigenvalue weighted by atomic mass is 79.9. The first-order chi connectivity index (χ1) is 9.47. The van der Waals surface area contributed by atoms with Crippen LogP contribution >= 0.6 is 15.9 Å². The normalized spacial score (nSPS) is 16.1. The average molecular weight is 339 g/mol. The van der Waals surface area contributed by atoms with Crippen LogP contribution in [0.25, 0.3) is 0 Å². The van der Waals surface area contributed by atoms with Crippen molar-refractivity contribution < 1.29 is 9.59 Å². The number of piperidine rings is 1.